The van der Waals surface area contributed by atoms with Crippen LogP contribution in [0.25, 0.3) is 0 Å². The fourth-order valence-corrected chi connectivity index (χ4v) is 36.8. The monoisotopic (exact) mass is 1870 g/mol. The van der Waals surface area contributed by atoms with E-state index in [1.54, 1.807) is 0 Å². The zero-order valence-electron chi connectivity index (χ0n) is 86.9. The molecule has 0 radical (unpaired) electrons. The quantitative estimate of drug-likeness (QED) is 0.0534. The largest absolute Gasteiger partial charge is 0.390 e. The second-order valence-corrected chi connectivity index (χ2v) is 54.0. The first-order chi connectivity index (χ1) is 61.6. The molecule has 0 spiro atoms. The second-order valence-electron chi connectivity index (χ2n) is 54.0. The molecule has 16 unspecified atom stereocenters. The Balaban J connectivity index is 0.000000151. The molecule has 20 heteroatoms. The number of carbonyl (C=O) groups excluding carboxylic acids is 4. The minimum atomic E-state index is -0.944. The van der Waals surface area contributed by atoms with Gasteiger partial charge in [0.2, 0.25) is 0 Å². The van der Waals surface area contributed by atoms with Crippen molar-refractivity contribution in [1.29, 1.82) is 0 Å². The van der Waals surface area contributed by atoms with Crippen molar-refractivity contribution >= 4 is 23.1 Å². The van der Waals surface area contributed by atoms with Gasteiger partial charge in [0.1, 0.15) is 29.2 Å². The van der Waals surface area contributed by atoms with Crippen LogP contribution in [-0.4, -0.2) is 203 Å². The molecule has 51 atom stereocenters. The van der Waals surface area contributed by atoms with Crippen molar-refractivity contribution in [2.24, 2.45) is 226 Å². The Morgan fingerprint density at radius 3 is 0.654 bits per heavy atom. The molecule has 16 saturated carbocycles. The molecule has 16 rings (SSSR count). The standard InChI is InChI=1S/C29H48O5.3C28H48O5/c1-15(25(33)26(34)16(2)27(3,4)5)18-8-9-19-17-12-22(30)21-13-23(31)24(32)14-29(21,7)20(17)10-11-28(18,19)6;3*1-14(2)15(3)25(32)26(33)16(4)18-7-8-19-17-11-22(29)21-12-23(30)24(31)13-28(21,6)20(17)9-10-27(18,19)5/h15,17-21,23-26,31-34H,2,8-14H2,1,3-7H3;3*14-21,23-26,30-33H,7-13H2,1-6H3/t15-,17?,18+,19?,20?,21?,23-,24-,25+,26+,28+,29+;15-,16+,17?,18-,19?,20?,21?,23-,24-,25-,26-,27-,28-;15-,16-,17?,18+,19?,20?,21?,23+,24+,25+,26+,27+,28+;15-,16-,17?,18+,19?,20?,21?,23+,24-,25+,26+,27+,28+/m0100/s1. The third kappa shape index (κ3) is 18.8. The van der Waals surface area contributed by atoms with Crippen LogP contribution in [0.3, 0.4) is 0 Å². The summed E-state index contributed by atoms with van der Waals surface area (Å²) in [6, 6.07) is 0. The van der Waals surface area contributed by atoms with Crippen LogP contribution in [0.1, 0.15) is 346 Å². The molecular weight excluding hydrogens is 1680 g/mol. The normalized spacial score (nSPS) is 48.6. The van der Waals surface area contributed by atoms with Gasteiger partial charge in [0, 0.05) is 49.4 Å². The molecule has 0 bridgehead atoms. The van der Waals surface area contributed by atoms with Crippen LogP contribution in [0.5, 0.6) is 0 Å². The van der Waals surface area contributed by atoms with Crippen molar-refractivity contribution in [3.63, 3.8) is 0 Å². The topological polar surface area (TPSA) is 392 Å². The molecule has 0 aromatic rings. The zero-order chi connectivity index (χ0) is 98.7. The fourth-order valence-electron chi connectivity index (χ4n) is 36.8. The molecule has 0 aromatic carbocycles. The van der Waals surface area contributed by atoms with E-state index in [4.69, 9.17) is 0 Å². The van der Waals surface area contributed by atoms with E-state index in [0.717, 1.165) is 103 Å². The number of rotatable bonds is 19. The summed E-state index contributed by atoms with van der Waals surface area (Å²) in [7, 11) is 0. The van der Waals surface area contributed by atoms with Crippen LogP contribution in [-0.2, 0) is 19.2 Å². The lowest BCUT2D eigenvalue weighted by Gasteiger charge is -2.61. The van der Waals surface area contributed by atoms with Gasteiger partial charge in [-0.3, -0.25) is 19.2 Å². The molecule has 133 heavy (non-hydrogen) atoms. The van der Waals surface area contributed by atoms with Crippen molar-refractivity contribution in [2.75, 3.05) is 0 Å². The highest BCUT2D eigenvalue weighted by molar-refractivity contribution is 5.85. The summed E-state index contributed by atoms with van der Waals surface area (Å²) < 4.78 is 0. The van der Waals surface area contributed by atoms with Crippen LogP contribution in [0.2, 0.25) is 0 Å². The van der Waals surface area contributed by atoms with Crippen molar-refractivity contribution < 1.29 is 101 Å². The summed E-state index contributed by atoms with van der Waals surface area (Å²) >= 11 is 0. The van der Waals surface area contributed by atoms with Crippen molar-refractivity contribution in [1.82, 2.24) is 0 Å². The summed E-state index contributed by atoms with van der Waals surface area (Å²) in [4.78, 5) is 53.3. The maximum Gasteiger partial charge on any atom is 0.136 e. The Morgan fingerprint density at radius 2 is 0.466 bits per heavy atom. The van der Waals surface area contributed by atoms with E-state index < -0.39 is 97.7 Å². The van der Waals surface area contributed by atoms with Crippen LogP contribution in [0, 0.1) is 226 Å². The van der Waals surface area contributed by atoms with Crippen molar-refractivity contribution in [3.8, 4) is 0 Å². The summed E-state index contributed by atoms with van der Waals surface area (Å²) in [5, 5.41) is 171. The van der Waals surface area contributed by atoms with Gasteiger partial charge < -0.3 is 81.7 Å². The van der Waals surface area contributed by atoms with Gasteiger partial charge in [-0.25, -0.2) is 0 Å². The first-order valence-electron chi connectivity index (χ1n) is 54.3. The summed E-state index contributed by atoms with van der Waals surface area (Å²) in [6.07, 6.45) is 10.7. The van der Waals surface area contributed by atoms with Gasteiger partial charge in [0.15, 0.2) is 0 Å². The first kappa shape index (κ1) is 108. The highest BCUT2D eigenvalue weighted by atomic mass is 16.4. The van der Waals surface area contributed by atoms with Gasteiger partial charge >= 0.3 is 0 Å². The van der Waals surface area contributed by atoms with E-state index in [-0.39, 0.29) is 143 Å². The molecule has 0 heterocycles. The van der Waals surface area contributed by atoms with Gasteiger partial charge in [0.05, 0.1) is 91.6 Å². The highest BCUT2D eigenvalue weighted by Crippen LogP contribution is 2.74. The van der Waals surface area contributed by atoms with E-state index in [9.17, 15) is 101 Å². The van der Waals surface area contributed by atoms with E-state index in [1.165, 1.54) is 0 Å². The number of aliphatic hydroxyl groups excluding tert-OH is 16. The first-order valence-corrected chi connectivity index (χ1v) is 54.3. The number of hydrogen-bond acceptors (Lipinski definition) is 20. The van der Waals surface area contributed by atoms with E-state index in [1.807, 2.05) is 41.5 Å². The second kappa shape index (κ2) is 39.7. The minimum Gasteiger partial charge on any atom is -0.390 e. The molecule has 16 aliphatic carbocycles. The summed E-state index contributed by atoms with van der Waals surface area (Å²) in [5.74, 6) is 7.61. The third-order valence-electron chi connectivity index (χ3n) is 46.4. The lowest BCUT2D eigenvalue weighted by Crippen LogP contribution is -2.59. The Hall–Kier alpha value is -2.22. The molecular formula is C113H192O20. The van der Waals surface area contributed by atoms with Gasteiger partial charge in [-0.2, -0.15) is 0 Å². The molecule has 16 fully saturated rings. The van der Waals surface area contributed by atoms with Crippen molar-refractivity contribution in [3.05, 3.63) is 12.2 Å². The molecule has 764 valence electrons. The molecule has 16 N–H and O–H groups in total. The lowest BCUT2D eigenvalue weighted by molar-refractivity contribution is -0.175. The lowest BCUT2D eigenvalue weighted by atomic mass is 9.44. The fraction of sp³-hybridized carbons (Fsp3) is 0.947. The van der Waals surface area contributed by atoms with E-state index >= 15 is 0 Å². The maximum absolute atomic E-state index is 13.3. The van der Waals surface area contributed by atoms with Gasteiger partial charge in [-0.05, 0) is 362 Å². The predicted molar refractivity (Wildman–Crippen MR) is 517 cm³/mol. The minimum absolute atomic E-state index is 0.0158. The van der Waals surface area contributed by atoms with Gasteiger partial charge in [0.25, 0.3) is 0 Å². The maximum atomic E-state index is 13.3. The van der Waals surface area contributed by atoms with Crippen molar-refractivity contribution in [2.45, 2.75) is 444 Å². The summed E-state index contributed by atoms with van der Waals surface area (Å²) in [5.41, 5.74) is -0.303. The van der Waals surface area contributed by atoms with Crippen LogP contribution in [0.15, 0.2) is 12.2 Å². The smallest absolute Gasteiger partial charge is 0.136 e. The number of aliphatic hydroxyl groups is 16. The summed E-state index contributed by atoms with van der Waals surface area (Å²) in [6.45, 7) is 55.5. The number of carbonyl (C=O) groups is 4. The van der Waals surface area contributed by atoms with Crippen LogP contribution < -0.4 is 0 Å². The molecule has 0 aliphatic heterocycles. The van der Waals surface area contributed by atoms with Gasteiger partial charge in [-0.1, -0.05) is 173 Å². The molecule has 0 aromatic heterocycles. The number of ketones is 4. The number of fused-ring (bicyclic) bond motifs is 20. The Labute approximate surface area is 801 Å². The Kier molecular flexibility index (Phi) is 32.3. The van der Waals surface area contributed by atoms with Crippen LogP contribution >= 0.6 is 0 Å². The molecule has 0 amide bonds. The average molecular weight is 1870 g/mol. The predicted octanol–water partition coefficient (Wildman–Crippen LogP) is 15.5. The molecule has 16 aliphatic rings. The number of hydrogen-bond donors (Lipinski definition) is 16. The van der Waals surface area contributed by atoms with E-state index in [0.29, 0.717) is 189 Å². The SMILES string of the molecule is C=C([C@@H](O)[C@H](O)[C@@H](C)[C@H]1CCC2C3CC(=O)C4C[C@H](O)[C@@H](O)C[C@]4(C)C3CC[C@@]21C)C(C)(C)C.CC(C)[C@@H](C)[C@@H](O)[C@H](O)[C@@H](C)[C@H]1CCC2C3CC(=O)C4C[C@@H](O)[C@H](O)C[C@]4(C)C3CC[C@@]21C.CC(C)[C@H](C)[C@@H](O)[C@H](O)[C@@H](C)[C@H]1CCC2C3CC(=O)C4C[C@@H](O)[C@@H](O)C[C@]4(C)C3CC[C@@]21C.CC(C)[C@H](C)[C@@H](O)[C@H](O)[C@@H](C)[C@H]1CCC2C3CC(=O)C4C[C@@H](O)[C@H](O)C[C@]4(C)C3CC[C@@]21C. The van der Waals surface area contributed by atoms with Gasteiger partial charge in [-0.15, -0.1) is 0 Å². The third-order valence-corrected chi connectivity index (χ3v) is 46.4. The van der Waals surface area contributed by atoms with Crippen LogP contribution in [0.4, 0.5) is 0 Å². The zero-order valence-corrected chi connectivity index (χ0v) is 86.9. The molecule has 20 nitrogen and oxygen atoms in total. The van der Waals surface area contributed by atoms with E-state index in [2.05, 4.69) is 131 Å². The molecule has 0 saturated heterocycles. The Morgan fingerprint density at radius 1 is 0.278 bits per heavy atom. The highest BCUT2D eigenvalue weighted by Gasteiger charge is 2.70. The number of Topliss-reactive ketones (excluding diaryl/α,β-unsaturated/α-hetero) is 4. The Bertz CT molecular complexity index is 3740. The average Bonchev–Trinajstić information content (AvgIpc) is 1.71.